The smallest absolute Gasteiger partial charge is 0.271 e. The van der Waals surface area contributed by atoms with Gasteiger partial charge in [0.2, 0.25) is 0 Å². The Bertz CT molecular complexity index is 802. The zero-order valence-electron chi connectivity index (χ0n) is 12.8. The van der Waals surface area contributed by atoms with Gasteiger partial charge in [0, 0.05) is 6.07 Å². The third-order valence-electron chi connectivity index (χ3n) is 3.05. The number of amides is 1. The number of carbonyl (C=O) groups is 1. The third-order valence-corrected chi connectivity index (χ3v) is 4.42. The molecule has 0 bridgehead atoms. The number of hydrogen-bond acceptors (Lipinski definition) is 5. The van der Waals surface area contributed by atoms with Crippen LogP contribution in [0.4, 0.5) is 0 Å². The fraction of sp³-hybridized carbons (Fsp3) is 0.188. The van der Waals surface area contributed by atoms with Gasteiger partial charge in [-0.25, -0.2) is 13.1 Å². The summed E-state index contributed by atoms with van der Waals surface area (Å²) in [6, 6.07) is 13.0. The number of para-hydroxylation sites is 1. The van der Waals surface area contributed by atoms with Gasteiger partial charge in [-0.3, -0.25) is 4.79 Å². The summed E-state index contributed by atoms with van der Waals surface area (Å²) in [6.45, 7) is 1.44. The third kappa shape index (κ3) is 4.46. The molecule has 0 radical (unpaired) electrons. The first-order chi connectivity index (χ1) is 10.9. The number of benzene rings is 2. The number of hydrogen-bond donors (Lipinski definition) is 1. The molecule has 0 heterocycles. The van der Waals surface area contributed by atoms with E-state index < -0.39 is 22.5 Å². The van der Waals surface area contributed by atoms with Crippen molar-refractivity contribution >= 4 is 15.9 Å². The van der Waals surface area contributed by atoms with E-state index in [1.807, 2.05) is 23.8 Å². The van der Waals surface area contributed by atoms with Crippen LogP contribution in [0, 0.1) is 6.92 Å². The molecule has 122 valence electrons. The quantitative estimate of drug-likeness (QED) is 0.872. The summed E-state index contributed by atoms with van der Waals surface area (Å²) in [6.07, 6.45) is 0. The lowest BCUT2D eigenvalue weighted by Gasteiger charge is -2.10. The maximum Gasteiger partial charge on any atom is 0.271 e. The molecule has 0 aliphatic carbocycles. The Kier molecular flexibility index (Phi) is 5.23. The molecule has 0 unspecified atom stereocenters. The molecule has 2 rings (SSSR count). The first-order valence-corrected chi connectivity index (χ1v) is 8.29. The normalized spacial score (nSPS) is 10.9. The van der Waals surface area contributed by atoms with E-state index in [0.29, 0.717) is 11.5 Å². The van der Waals surface area contributed by atoms with Gasteiger partial charge in [0.05, 0.1) is 12.0 Å². The van der Waals surface area contributed by atoms with E-state index in [2.05, 4.69) is 0 Å². The predicted molar refractivity (Wildman–Crippen MR) is 85.0 cm³/mol. The Morgan fingerprint density at radius 3 is 2.57 bits per heavy atom. The maximum absolute atomic E-state index is 12.1. The van der Waals surface area contributed by atoms with E-state index in [1.54, 1.807) is 18.2 Å². The van der Waals surface area contributed by atoms with E-state index >= 15 is 0 Å². The first-order valence-electron chi connectivity index (χ1n) is 6.80. The van der Waals surface area contributed by atoms with Gasteiger partial charge in [-0.15, -0.1) is 0 Å². The van der Waals surface area contributed by atoms with Crippen LogP contribution in [-0.4, -0.2) is 28.0 Å². The van der Waals surface area contributed by atoms with E-state index in [-0.39, 0.29) is 4.90 Å². The van der Waals surface area contributed by atoms with Gasteiger partial charge in [0.25, 0.3) is 15.9 Å². The zero-order chi connectivity index (χ0) is 16.9. The van der Waals surface area contributed by atoms with Gasteiger partial charge in [-0.2, -0.15) is 0 Å². The van der Waals surface area contributed by atoms with Crippen LogP contribution >= 0.6 is 0 Å². The monoisotopic (exact) mass is 335 g/mol. The number of ether oxygens (including phenoxy) is 2. The van der Waals surface area contributed by atoms with Crippen LogP contribution in [0.5, 0.6) is 11.5 Å². The molecule has 7 heteroatoms. The Morgan fingerprint density at radius 2 is 1.87 bits per heavy atom. The molecule has 0 saturated carbocycles. The van der Waals surface area contributed by atoms with Crippen LogP contribution in [0.1, 0.15) is 5.56 Å². The van der Waals surface area contributed by atoms with Gasteiger partial charge < -0.3 is 9.47 Å². The average Bonchev–Trinajstić information content (AvgIpc) is 2.54. The highest BCUT2D eigenvalue weighted by Crippen LogP contribution is 2.17. The average molecular weight is 335 g/mol. The topological polar surface area (TPSA) is 81.7 Å². The lowest BCUT2D eigenvalue weighted by molar-refractivity contribution is -0.121. The van der Waals surface area contributed by atoms with Crippen LogP contribution in [0.2, 0.25) is 0 Å². The number of methoxy groups -OCH3 is 1. The first kappa shape index (κ1) is 16.8. The van der Waals surface area contributed by atoms with Gasteiger partial charge in [0.1, 0.15) is 11.5 Å². The fourth-order valence-corrected chi connectivity index (χ4v) is 2.87. The molecule has 1 amide bonds. The maximum atomic E-state index is 12.1. The minimum atomic E-state index is -3.97. The van der Waals surface area contributed by atoms with E-state index in [4.69, 9.17) is 9.47 Å². The second-order valence-electron chi connectivity index (χ2n) is 4.76. The second kappa shape index (κ2) is 7.15. The molecule has 0 aromatic heterocycles. The molecule has 0 spiro atoms. The van der Waals surface area contributed by atoms with Crippen molar-refractivity contribution < 1.29 is 22.7 Å². The predicted octanol–water partition coefficient (Wildman–Crippen LogP) is 1.89. The number of aryl methyl sites for hydroxylation is 1. The summed E-state index contributed by atoms with van der Waals surface area (Å²) in [4.78, 5) is 11.8. The van der Waals surface area contributed by atoms with Gasteiger partial charge in [-0.1, -0.05) is 24.3 Å². The summed E-state index contributed by atoms with van der Waals surface area (Å²) in [7, 11) is -2.54. The van der Waals surface area contributed by atoms with Crippen molar-refractivity contribution in [3.63, 3.8) is 0 Å². The number of nitrogens with one attached hydrogen (secondary N) is 1. The summed E-state index contributed by atoms with van der Waals surface area (Å²) in [5, 5.41) is 0. The standard InChI is InChI=1S/C16H17NO5S/c1-12-6-3-4-9-15(12)22-11-16(18)17-23(19,20)14-8-5-7-13(10-14)21-2/h3-10H,11H2,1-2H3,(H,17,18). The van der Waals surface area contributed by atoms with Crippen molar-refractivity contribution in [1.29, 1.82) is 0 Å². The Hall–Kier alpha value is -2.54. The van der Waals surface area contributed by atoms with Crippen LogP contribution in [0.25, 0.3) is 0 Å². The van der Waals surface area contributed by atoms with Crippen LogP contribution < -0.4 is 14.2 Å². The molecule has 0 atom stereocenters. The van der Waals surface area contributed by atoms with Crippen LogP contribution in [-0.2, 0) is 14.8 Å². The summed E-state index contributed by atoms with van der Waals surface area (Å²) in [5.74, 6) is 0.161. The lowest BCUT2D eigenvalue weighted by Crippen LogP contribution is -2.34. The summed E-state index contributed by atoms with van der Waals surface area (Å²) >= 11 is 0. The Balaban J connectivity index is 2.02. The highest BCUT2D eigenvalue weighted by Gasteiger charge is 2.18. The molecule has 0 aliphatic rings. The number of sulfonamides is 1. The highest BCUT2D eigenvalue weighted by molar-refractivity contribution is 7.90. The number of carbonyl (C=O) groups excluding carboxylic acids is 1. The molecule has 0 aliphatic heterocycles. The zero-order valence-corrected chi connectivity index (χ0v) is 13.6. The molecular formula is C16H17NO5S. The van der Waals surface area contributed by atoms with Crippen molar-refractivity contribution in [3.8, 4) is 11.5 Å². The molecule has 0 fully saturated rings. The van der Waals surface area contributed by atoms with Crippen molar-refractivity contribution in [2.24, 2.45) is 0 Å². The highest BCUT2D eigenvalue weighted by atomic mass is 32.2. The SMILES string of the molecule is COc1cccc(S(=O)(=O)NC(=O)COc2ccccc2C)c1. The largest absolute Gasteiger partial charge is 0.497 e. The molecular weight excluding hydrogens is 318 g/mol. The summed E-state index contributed by atoms with van der Waals surface area (Å²) < 4.78 is 36.6. The lowest BCUT2D eigenvalue weighted by atomic mass is 10.2. The fourth-order valence-electron chi connectivity index (χ4n) is 1.87. The van der Waals surface area contributed by atoms with Crippen LogP contribution in [0.3, 0.4) is 0 Å². The molecule has 0 saturated heterocycles. The van der Waals surface area contributed by atoms with Gasteiger partial charge >= 0.3 is 0 Å². The summed E-state index contributed by atoms with van der Waals surface area (Å²) in [5.41, 5.74) is 0.857. The Labute approximate surface area is 135 Å². The van der Waals surface area contributed by atoms with Crippen molar-refractivity contribution in [3.05, 3.63) is 54.1 Å². The molecule has 6 nitrogen and oxygen atoms in total. The molecule has 2 aromatic rings. The second-order valence-corrected chi connectivity index (χ2v) is 6.44. The molecule has 2 aromatic carbocycles. The number of rotatable bonds is 6. The van der Waals surface area contributed by atoms with Crippen LogP contribution in [0.15, 0.2) is 53.4 Å². The van der Waals surface area contributed by atoms with E-state index in [9.17, 15) is 13.2 Å². The Morgan fingerprint density at radius 1 is 1.13 bits per heavy atom. The minimum Gasteiger partial charge on any atom is -0.497 e. The van der Waals surface area contributed by atoms with Crippen molar-refractivity contribution in [2.75, 3.05) is 13.7 Å². The molecule has 1 N–H and O–H groups in total. The van der Waals surface area contributed by atoms with E-state index in [0.717, 1.165) is 5.56 Å². The van der Waals surface area contributed by atoms with Crippen molar-refractivity contribution in [1.82, 2.24) is 4.72 Å². The van der Waals surface area contributed by atoms with Crippen molar-refractivity contribution in [2.45, 2.75) is 11.8 Å². The van der Waals surface area contributed by atoms with E-state index in [1.165, 1.54) is 25.3 Å². The minimum absolute atomic E-state index is 0.0545. The van der Waals surface area contributed by atoms with Gasteiger partial charge in [-0.05, 0) is 30.7 Å². The van der Waals surface area contributed by atoms with Gasteiger partial charge in [0.15, 0.2) is 6.61 Å². The molecule has 23 heavy (non-hydrogen) atoms.